The maximum atomic E-state index is 12.7. The second-order valence-electron chi connectivity index (χ2n) is 7.24. The standard InChI is InChI=1S/C21H18ClF3N4O2/c22-17-3-1-2-15(10-17)20-26-18(31-27-20)12-28-8-9-29(19(30)13-28)11-14-4-6-16(7-5-14)21(23,24)25/h1-7,10H,8-9,11-13H2. The number of piperazine rings is 1. The smallest absolute Gasteiger partial charge is 0.338 e. The summed E-state index contributed by atoms with van der Waals surface area (Å²) < 4.78 is 43.3. The SMILES string of the molecule is O=C1CN(Cc2nc(-c3cccc(Cl)c3)no2)CCN1Cc1ccc(C(F)(F)F)cc1. The van der Waals surface area contributed by atoms with E-state index in [1.807, 2.05) is 11.0 Å². The number of carbonyl (C=O) groups excluding carboxylic acids is 1. The largest absolute Gasteiger partial charge is 0.416 e. The molecule has 1 aliphatic heterocycles. The summed E-state index contributed by atoms with van der Waals surface area (Å²) in [5.41, 5.74) is 0.682. The van der Waals surface area contributed by atoms with Crippen molar-refractivity contribution >= 4 is 17.5 Å². The van der Waals surface area contributed by atoms with Crippen LogP contribution in [0.4, 0.5) is 13.2 Å². The molecule has 6 nitrogen and oxygen atoms in total. The molecule has 0 saturated carbocycles. The van der Waals surface area contributed by atoms with Gasteiger partial charge in [0.15, 0.2) is 0 Å². The van der Waals surface area contributed by atoms with Crippen molar-refractivity contribution in [3.05, 3.63) is 70.6 Å². The van der Waals surface area contributed by atoms with Crippen molar-refractivity contribution in [2.75, 3.05) is 19.6 Å². The summed E-state index contributed by atoms with van der Waals surface area (Å²) in [6.45, 7) is 1.80. The molecule has 3 aromatic rings. The molecule has 4 rings (SSSR count). The van der Waals surface area contributed by atoms with E-state index in [4.69, 9.17) is 16.1 Å². The number of nitrogens with zero attached hydrogens (tertiary/aromatic N) is 4. The maximum Gasteiger partial charge on any atom is 0.416 e. The van der Waals surface area contributed by atoms with E-state index in [-0.39, 0.29) is 19.0 Å². The molecule has 0 spiro atoms. The molecule has 1 aliphatic rings. The van der Waals surface area contributed by atoms with Gasteiger partial charge in [0.1, 0.15) is 0 Å². The molecule has 162 valence electrons. The summed E-state index contributed by atoms with van der Waals surface area (Å²) >= 11 is 5.99. The minimum Gasteiger partial charge on any atom is -0.338 e. The number of amides is 1. The molecule has 31 heavy (non-hydrogen) atoms. The second-order valence-corrected chi connectivity index (χ2v) is 7.68. The summed E-state index contributed by atoms with van der Waals surface area (Å²) in [5, 5.41) is 4.53. The Morgan fingerprint density at radius 1 is 1.06 bits per heavy atom. The Hall–Kier alpha value is -2.91. The summed E-state index contributed by atoms with van der Waals surface area (Å²) in [7, 11) is 0. The summed E-state index contributed by atoms with van der Waals surface area (Å²) in [6, 6.07) is 12.0. The molecule has 0 aliphatic carbocycles. The van der Waals surface area contributed by atoms with Gasteiger partial charge in [0.25, 0.3) is 0 Å². The van der Waals surface area contributed by atoms with Crippen molar-refractivity contribution in [2.45, 2.75) is 19.3 Å². The molecule has 1 saturated heterocycles. The molecule has 2 heterocycles. The lowest BCUT2D eigenvalue weighted by molar-refractivity contribution is -0.138. The number of alkyl halides is 3. The van der Waals surface area contributed by atoms with Gasteiger partial charge in [-0.15, -0.1) is 0 Å². The number of aromatic nitrogens is 2. The molecule has 2 aromatic carbocycles. The van der Waals surface area contributed by atoms with Crippen LogP contribution in [0.2, 0.25) is 5.02 Å². The monoisotopic (exact) mass is 450 g/mol. The zero-order valence-electron chi connectivity index (χ0n) is 16.3. The number of carbonyl (C=O) groups is 1. The van der Waals surface area contributed by atoms with E-state index in [2.05, 4.69) is 10.1 Å². The van der Waals surface area contributed by atoms with E-state index >= 15 is 0 Å². The second kappa shape index (κ2) is 8.68. The fourth-order valence-corrected chi connectivity index (χ4v) is 3.52. The molecule has 0 atom stereocenters. The highest BCUT2D eigenvalue weighted by molar-refractivity contribution is 6.30. The van der Waals surface area contributed by atoms with Crippen molar-refractivity contribution in [3.8, 4) is 11.4 Å². The van der Waals surface area contributed by atoms with Gasteiger partial charge in [-0.3, -0.25) is 9.69 Å². The normalized spacial score (nSPS) is 15.5. The van der Waals surface area contributed by atoms with Gasteiger partial charge >= 0.3 is 6.18 Å². The van der Waals surface area contributed by atoms with Crippen LogP contribution in [0.1, 0.15) is 17.0 Å². The number of rotatable bonds is 5. The molecule has 0 radical (unpaired) electrons. The fraction of sp³-hybridized carbons (Fsp3) is 0.286. The first-order chi connectivity index (χ1) is 14.8. The lowest BCUT2D eigenvalue weighted by Crippen LogP contribution is -2.49. The van der Waals surface area contributed by atoms with Crippen molar-refractivity contribution < 1.29 is 22.5 Å². The van der Waals surface area contributed by atoms with Crippen LogP contribution in [-0.2, 0) is 24.1 Å². The first-order valence-corrected chi connectivity index (χ1v) is 9.90. The third-order valence-electron chi connectivity index (χ3n) is 4.96. The lowest BCUT2D eigenvalue weighted by atomic mass is 10.1. The Balaban J connectivity index is 1.33. The van der Waals surface area contributed by atoms with Crippen molar-refractivity contribution in [1.82, 2.24) is 19.9 Å². The molecular formula is C21H18ClF3N4O2. The predicted octanol–water partition coefficient (Wildman–Crippen LogP) is 4.25. The van der Waals surface area contributed by atoms with E-state index in [0.29, 0.717) is 41.9 Å². The molecule has 1 aromatic heterocycles. The molecular weight excluding hydrogens is 433 g/mol. The van der Waals surface area contributed by atoms with E-state index < -0.39 is 11.7 Å². The molecule has 1 amide bonds. The van der Waals surface area contributed by atoms with Gasteiger partial charge in [0.05, 0.1) is 18.7 Å². The quantitative estimate of drug-likeness (QED) is 0.581. The fourth-order valence-electron chi connectivity index (χ4n) is 3.33. The van der Waals surface area contributed by atoms with E-state index in [1.54, 1.807) is 23.1 Å². The van der Waals surface area contributed by atoms with Gasteiger partial charge in [-0.25, -0.2) is 0 Å². The third kappa shape index (κ3) is 5.23. The highest BCUT2D eigenvalue weighted by Crippen LogP contribution is 2.29. The number of benzene rings is 2. The van der Waals surface area contributed by atoms with Crippen LogP contribution < -0.4 is 0 Å². The summed E-state index contributed by atoms with van der Waals surface area (Å²) in [6.07, 6.45) is -4.37. The zero-order chi connectivity index (χ0) is 22.0. The van der Waals surface area contributed by atoms with Crippen molar-refractivity contribution in [3.63, 3.8) is 0 Å². The number of hydrogen-bond donors (Lipinski definition) is 0. The van der Waals surface area contributed by atoms with Crippen molar-refractivity contribution in [2.24, 2.45) is 0 Å². The Morgan fingerprint density at radius 3 is 2.52 bits per heavy atom. The van der Waals surface area contributed by atoms with Crippen LogP contribution in [0.3, 0.4) is 0 Å². The average molecular weight is 451 g/mol. The first-order valence-electron chi connectivity index (χ1n) is 9.53. The Morgan fingerprint density at radius 2 is 1.84 bits per heavy atom. The topological polar surface area (TPSA) is 62.5 Å². The number of hydrogen-bond acceptors (Lipinski definition) is 5. The van der Waals surface area contributed by atoms with Gasteiger partial charge in [-0.2, -0.15) is 18.2 Å². The summed E-state index contributed by atoms with van der Waals surface area (Å²) in [5.74, 6) is 0.699. The van der Waals surface area contributed by atoms with Gasteiger partial charge in [0.2, 0.25) is 17.6 Å². The maximum absolute atomic E-state index is 12.7. The van der Waals surface area contributed by atoms with Gasteiger partial charge in [-0.1, -0.05) is 41.0 Å². The average Bonchev–Trinajstić information content (AvgIpc) is 3.18. The zero-order valence-corrected chi connectivity index (χ0v) is 17.0. The van der Waals surface area contributed by atoms with E-state index in [0.717, 1.165) is 17.7 Å². The van der Waals surface area contributed by atoms with Crippen LogP contribution in [0, 0.1) is 0 Å². The Kier molecular flexibility index (Phi) is 5.97. The van der Waals surface area contributed by atoms with E-state index in [1.165, 1.54) is 12.1 Å². The minimum absolute atomic E-state index is 0.110. The third-order valence-corrected chi connectivity index (χ3v) is 5.20. The molecule has 0 bridgehead atoms. The highest BCUT2D eigenvalue weighted by Gasteiger charge is 2.30. The van der Waals surface area contributed by atoms with Gasteiger partial charge in [0, 0.05) is 30.2 Å². The Bertz CT molecular complexity index is 1070. The first kappa shape index (κ1) is 21.3. The molecule has 0 N–H and O–H groups in total. The van der Waals surface area contributed by atoms with Crippen LogP contribution >= 0.6 is 11.6 Å². The van der Waals surface area contributed by atoms with Crippen LogP contribution in [0.15, 0.2) is 53.1 Å². The highest BCUT2D eigenvalue weighted by atomic mass is 35.5. The Labute approximate surface area is 181 Å². The molecule has 0 unspecified atom stereocenters. The molecule has 10 heteroatoms. The van der Waals surface area contributed by atoms with E-state index in [9.17, 15) is 18.0 Å². The predicted molar refractivity (Wildman–Crippen MR) is 107 cm³/mol. The van der Waals surface area contributed by atoms with Crippen LogP contribution in [0.25, 0.3) is 11.4 Å². The number of halogens is 4. The van der Waals surface area contributed by atoms with Crippen LogP contribution in [0.5, 0.6) is 0 Å². The van der Waals surface area contributed by atoms with Gasteiger partial charge < -0.3 is 9.42 Å². The van der Waals surface area contributed by atoms with Gasteiger partial charge in [-0.05, 0) is 29.8 Å². The molecule has 1 fully saturated rings. The lowest BCUT2D eigenvalue weighted by Gasteiger charge is -2.33. The summed E-state index contributed by atoms with van der Waals surface area (Å²) in [4.78, 5) is 20.4. The van der Waals surface area contributed by atoms with Crippen molar-refractivity contribution in [1.29, 1.82) is 0 Å². The minimum atomic E-state index is -4.37. The van der Waals surface area contributed by atoms with Crippen LogP contribution in [-0.4, -0.2) is 45.5 Å².